The van der Waals surface area contributed by atoms with Crippen LogP contribution in [0, 0.1) is 18.3 Å². The molecule has 0 aliphatic rings. The van der Waals surface area contributed by atoms with Gasteiger partial charge in [-0.2, -0.15) is 0 Å². The molecule has 0 fully saturated rings. The molecule has 0 N–H and O–H groups in total. The highest BCUT2D eigenvalue weighted by atomic mass is 16.2. The van der Waals surface area contributed by atoms with E-state index in [4.69, 9.17) is 6.42 Å². The maximum absolute atomic E-state index is 11.3. The molecule has 0 aliphatic heterocycles. The van der Waals surface area contributed by atoms with Gasteiger partial charge in [-0.05, 0) is 6.42 Å². The molecule has 0 heterocycles. The van der Waals surface area contributed by atoms with Crippen molar-refractivity contribution >= 4 is 5.91 Å². The van der Waals surface area contributed by atoms with E-state index in [-0.39, 0.29) is 11.8 Å². The zero-order chi connectivity index (χ0) is 8.85. The molecule has 0 saturated heterocycles. The highest BCUT2D eigenvalue weighted by Gasteiger charge is 2.13. The molecule has 0 radical (unpaired) electrons. The Morgan fingerprint density at radius 2 is 2.27 bits per heavy atom. The van der Waals surface area contributed by atoms with Crippen LogP contribution in [0.4, 0.5) is 0 Å². The van der Waals surface area contributed by atoms with Gasteiger partial charge in [-0.1, -0.05) is 19.8 Å². The third kappa shape index (κ3) is 3.08. The van der Waals surface area contributed by atoms with Crippen molar-refractivity contribution in [3.05, 3.63) is 0 Å². The van der Waals surface area contributed by atoms with E-state index in [1.807, 2.05) is 13.8 Å². The quantitative estimate of drug-likeness (QED) is 0.556. The summed E-state index contributed by atoms with van der Waals surface area (Å²) in [6.45, 7) is 4.31. The fraction of sp³-hybridized carbons (Fsp3) is 0.667. The third-order valence-corrected chi connectivity index (χ3v) is 1.74. The number of carbonyl (C=O) groups excluding carboxylic acids is 1. The number of hydrogen-bond acceptors (Lipinski definition) is 1. The molecule has 0 bridgehead atoms. The van der Waals surface area contributed by atoms with Crippen molar-refractivity contribution in [2.45, 2.75) is 20.3 Å². The first-order valence-electron chi connectivity index (χ1n) is 3.81. The molecule has 0 aromatic carbocycles. The van der Waals surface area contributed by atoms with Crippen molar-refractivity contribution in [3.63, 3.8) is 0 Å². The summed E-state index contributed by atoms with van der Waals surface area (Å²) in [5.41, 5.74) is 0. The van der Waals surface area contributed by atoms with Gasteiger partial charge in [0.25, 0.3) is 0 Å². The average molecular weight is 153 g/mol. The molecule has 11 heavy (non-hydrogen) atoms. The summed E-state index contributed by atoms with van der Waals surface area (Å²) < 4.78 is 0. The Balaban J connectivity index is 3.93. The van der Waals surface area contributed by atoms with Crippen LogP contribution in [0.5, 0.6) is 0 Å². The molecule has 0 aromatic rings. The Bertz CT molecular complexity index is 169. The van der Waals surface area contributed by atoms with Gasteiger partial charge in [-0.15, -0.1) is 6.42 Å². The van der Waals surface area contributed by atoms with Crippen molar-refractivity contribution in [1.82, 2.24) is 4.90 Å². The number of nitrogens with zero attached hydrogens (tertiary/aromatic N) is 1. The van der Waals surface area contributed by atoms with E-state index < -0.39 is 0 Å². The van der Waals surface area contributed by atoms with Crippen LogP contribution in [0.3, 0.4) is 0 Å². The summed E-state index contributed by atoms with van der Waals surface area (Å²) in [5.74, 6) is 2.65. The van der Waals surface area contributed by atoms with Gasteiger partial charge in [0.05, 0.1) is 6.54 Å². The van der Waals surface area contributed by atoms with E-state index in [9.17, 15) is 4.79 Å². The Labute approximate surface area is 68.6 Å². The molecule has 1 amide bonds. The fourth-order valence-corrected chi connectivity index (χ4v) is 0.766. The highest BCUT2D eigenvalue weighted by molar-refractivity contribution is 5.78. The standard InChI is InChI=1S/C9H15NO/c1-5-7-10(4)9(11)8(3)6-2/h1,8H,6-7H2,2-4H3. The number of amides is 1. The summed E-state index contributed by atoms with van der Waals surface area (Å²) in [4.78, 5) is 12.9. The zero-order valence-corrected chi connectivity index (χ0v) is 7.42. The van der Waals surface area contributed by atoms with Crippen molar-refractivity contribution in [2.24, 2.45) is 5.92 Å². The first-order valence-corrected chi connectivity index (χ1v) is 3.81. The van der Waals surface area contributed by atoms with Gasteiger partial charge in [0, 0.05) is 13.0 Å². The lowest BCUT2D eigenvalue weighted by Gasteiger charge is -2.17. The van der Waals surface area contributed by atoms with E-state index in [1.165, 1.54) is 0 Å². The van der Waals surface area contributed by atoms with Crippen LogP contribution >= 0.6 is 0 Å². The Morgan fingerprint density at radius 3 is 2.64 bits per heavy atom. The summed E-state index contributed by atoms with van der Waals surface area (Å²) in [6, 6.07) is 0. The minimum atomic E-state index is 0.0911. The maximum atomic E-state index is 11.3. The molecule has 0 aliphatic carbocycles. The second kappa shape index (κ2) is 4.79. The SMILES string of the molecule is C#CCN(C)C(=O)C(C)CC. The van der Waals surface area contributed by atoms with Crippen LogP contribution < -0.4 is 0 Å². The van der Waals surface area contributed by atoms with Gasteiger partial charge in [-0.25, -0.2) is 0 Å². The monoisotopic (exact) mass is 153 g/mol. The lowest BCUT2D eigenvalue weighted by Crippen LogP contribution is -2.31. The Hall–Kier alpha value is -0.970. The van der Waals surface area contributed by atoms with Gasteiger partial charge in [0.1, 0.15) is 0 Å². The summed E-state index contributed by atoms with van der Waals surface area (Å²) in [7, 11) is 1.73. The summed E-state index contributed by atoms with van der Waals surface area (Å²) in [5, 5.41) is 0. The highest BCUT2D eigenvalue weighted by Crippen LogP contribution is 2.03. The molecule has 0 aromatic heterocycles. The number of carbonyl (C=O) groups is 1. The predicted octanol–water partition coefficient (Wildman–Crippen LogP) is 1.12. The first kappa shape index (κ1) is 10.0. The first-order chi connectivity index (χ1) is 5.13. The molecule has 2 heteroatoms. The topological polar surface area (TPSA) is 20.3 Å². The van der Waals surface area contributed by atoms with Gasteiger partial charge >= 0.3 is 0 Å². The van der Waals surface area contributed by atoms with E-state index in [2.05, 4.69) is 5.92 Å². The maximum Gasteiger partial charge on any atom is 0.225 e. The molecular weight excluding hydrogens is 138 g/mol. The van der Waals surface area contributed by atoms with Crippen molar-refractivity contribution in [1.29, 1.82) is 0 Å². The Kier molecular flexibility index (Phi) is 4.36. The minimum absolute atomic E-state index is 0.0911. The number of terminal acetylenes is 1. The van der Waals surface area contributed by atoms with Crippen LogP contribution in [-0.4, -0.2) is 24.4 Å². The minimum Gasteiger partial charge on any atom is -0.334 e. The molecule has 0 spiro atoms. The second-order valence-electron chi connectivity index (χ2n) is 2.71. The third-order valence-electron chi connectivity index (χ3n) is 1.74. The second-order valence-corrected chi connectivity index (χ2v) is 2.71. The molecule has 2 nitrogen and oxygen atoms in total. The van der Waals surface area contributed by atoms with Crippen LogP contribution in [0.15, 0.2) is 0 Å². The van der Waals surface area contributed by atoms with Crippen LogP contribution in [0.25, 0.3) is 0 Å². The van der Waals surface area contributed by atoms with Crippen molar-refractivity contribution in [3.8, 4) is 12.3 Å². The van der Waals surface area contributed by atoms with Crippen LogP contribution in [0.2, 0.25) is 0 Å². The van der Waals surface area contributed by atoms with Gasteiger partial charge in [0.2, 0.25) is 5.91 Å². The van der Waals surface area contributed by atoms with Crippen molar-refractivity contribution in [2.75, 3.05) is 13.6 Å². The molecule has 1 unspecified atom stereocenters. The number of rotatable bonds is 3. The van der Waals surface area contributed by atoms with Crippen molar-refractivity contribution < 1.29 is 4.79 Å². The lowest BCUT2D eigenvalue weighted by molar-refractivity contribution is -0.133. The summed E-state index contributed by atoms with van der Waals surface area (Å²) in [6.07, 6.45) is 5.93. The van der Waals surface area contributed by atoms with Crippen LogP contribution in [0.1, 0.15) is 20.3 Å². The molecule has 0 rings (SSSR count). The normalized spacial score (nSPS) is 11.8. The average Bonchev–Trinajstić information content (AvgIpc) is 2.02. The molecule has 62 valence electrons. The van der Waals surface area contributed by atoms with E-state index in [1.54, 1.807) is 11.9 Å². The molecular formula is C9H15NO. The van der Waals surface area contributed by atoms with Gasteiger partial charge in [0.15, 0.2) is 0 Å². The lowest BCUT2D eigenvalue weighted by atomic mass is 10.1. The molecule has 1 atom stereocenters. The van der Waals surface area contributed by atoms with Gasteiger partial charge < -0.3 is 4.90 Å². The molecule has 0 saturated carbocycles. The number of hydrogen-bond donors (Lipinski definition) is 0. The predicted molar refractivity (Wildman–Crippen MR) is 45.9 cm³/mol. The van der Waals surface area contributed by atoms with E-state index in [0.29, 0.717) is 6.54 Å². The zero-order valence-electron chi connectivity index (χ0n) is 7.42. The van der Waals surface area contributed by atoms with E-state index in [0.717, 1.165) is 6.42 Å². The van der Waals surface area contributed by atoms with Crippen LogP contribution in [-0.2, 0) is 4.79 Å². The fourth-order valence-electron chi connectivity index (χ4n) is 0.766. The van der Waals surface area contributed by atoms with Gasteiger partial charge in [-0.3, -0.25) is 4.79 Å². The summed E-state index contributed by atoms with van der Waals surface area (Å²) >= 11 is 0. The largest absolute Gasteiger partial charge is 0.334 e. The smallest absolute Gasteiger partial charge is 0.225 e. The van der Waals surface area contributed by atoms with E-state index >= 15 is 0 Å². The Morgan fingerprint density at radius 1 is 1.73 bits per heavy atom.